The summed E-state index contributed by atoms with van der Waals surface area (Å²) in [6.45, 7) is 5.02. The van der Waals surface area contributed by atoms with Gasteiger partial charge >= 0.3 is 0 Å². The van der Waals surface area contributed by atoms with Crippen LogP contribution in [0.2, 0.25) is 5.02 Å². The summed E-state index contributed by atoms with van der Waals surface area (Å²) < 4.78 is 1.34. The van der Waals surface area contributed by atoms with Crippen molar-refractivity contribution in [1.29, 1.82) is 0 Å². The first-order valence-corrected chi connectivity index (χ1v) is 8.42. The van der Waals surface area contributed by atoms with Crippen LogP contribution in [-0.2, 0) is 11.9 Å². The van der Waals surface area contributed by atoms with Gasteiger partial charge in [0.1, 0.15) is 12.4 Å². The van der Waals surface area contributed by atoms with E-state index in [0.29, 0.717) is 16.3 Å². The number of hydrogen-bond acceptors (Lipinski definition) is 5. The summed E-state index contributed by atoms with van der Waals surface area (Å²) in [6, 6.07) is 6.90. The van der Waals surface area contributed by atoms with Gasteiger partial charge in [-0.05, 0) is 44.5 Å². The number of benzene rings is 1. The van der Waals surface area contributed by atoms with Crippen molar-refractivity contribution < 1.29 is 14.7 Å². The van der Waals surface area contributed by atoms with Gasteiger partial charge in [0.05, 0.1) is 22.4 Å². The number of amides is 1. The van der Waals surface area contributed by atoms with Gasteiger partial charge < -0.3 is 10.4 Å². The Morgan fingerprint density at radius 2 is 2.04 bits per heavy atom. The molecule has 0 unspecified atom stereocenters. The molecular weight excluding hydrogens is 358 g/mol. The van der Waals surface area contributed by atoms with E-state index in [-0.39, 0.29) is 23.5 Å². The Bertz CT molecular complexity index is 877. The molecule has 0 saturated heterocycles. The Morgan fingerprint density at radius 1 is 1.35 bits per heavy atom. The van der Waals surface area contributed by atoms with E-state index in [9.17, 15) is 14.7 Å². The monoisotopic (exact) mass is 379 g/mol. The summed E-state index contributed by atoms with van der Waals surface area (Å²) in [5.41, 5.74) is 4.21. The van der Waals surface area contributed by atoms with E-state index in [1.54, 1.807) is 26.1 Å². The maximum atomic E-state index is 12.5. The molecule has 1 amide bonds. The van der Waals surface area contributed by atoms with Crippen molar-refractivity contribution in [1.82, 2.24) is 10.0 Å². The average molecular weight is 380 g/mol. The maximum absolute atomic E-state index is 12.5. The van der Waals surface area contributed by atoms with Crippen LogP contribution in [0.1, 0.15) is 28.4 Å². The van der Waals surface area contributed by atoms with Crippen LogP contribution in [0.4, 0.5) is 11.5 Å². The van der Waals surface area contributed by atoms with Gasteiger partial charge in [0.2, 0.25) is 0 Å². The van der Waals surface area contributed by atoms with E-state index < -0.39 is 12.0 Å². The Labute approximate surface area is 156 Å². The van der Waals surface area contributed by atoms with Crippen molar-refractivity contribution >= 4 is 29.0 Å². The van der Waals surface area contributed by atoms with Crippen LogP contribution in [-0.4, -0.2) is 28.3 Å². The molecule has 7 nitrogen and oxygen atoms in total. The van der Waals surface area contributed by atoms with Crippen LogP contribution in [0.3, 0.4) is 0 Å². The minimum absolute atomic E-state index is 0.0525. The largest absolute Gasteiger partial charge is 0.391 e. The first-order chi connectivity index (χ1) is 12.2. The highest BCUT2D eigenvalue weighted by Gasteiger charge is 2.18. The van der Waals surface area contributed by atoms with Crippen LogP contribution >= 0.6 is 11.6 Å². The molecule has 0 aliphatic heterocycles. The molecule has 2 aromatic rings. The topological polar surface area (TPSA) is 92.6 Å². The smallest absolute Gasteiger partial charge is 0.278 e. The second-order valence-corrected chi connectivity index (χ2v) is 6.56. The van der Waals surface area contributed by atoms with Gasteiger partial charge in [-0.25, -0.2) is 5.48 Å². The molecule has 3 N–H and O–H groups in total. The number of aliphatic hydroxyl groups excluding tert-OH is 1. The number of nitrogens with one attached hydrogen (secondary N) is 2. The molecule has 1 heterocycles. The summed E-state index contributed by atoms with van der Waals surface area (Å²) in [6.07, 6.45) is -0.721. The van der Waals surface area contributed by atoms with Gasteiger partial charge in [-0.1, -0.05) is 17.7 Å². The first kappa shape index (κ1) is 20.0. The normalized spacial score (nSPS) is 11.9. The molecule has 1 atom stereocenters. The average Bonchev–Trinajstić information content (AvgIpc) is 2.56. The molecule has 0 saturated carbocycles. The number of hydroxylamine groups is 1. The summed E-state index contributed by atoms with van der Waals surface area (Å²) in [4.78, 5) is 29.8. The van der Waals surface area contributed by atoms with Gasteiger partial charge in [0.25, 0.3) is 11.5 Å². The van der Waals surface area contributed by atoms with Crippen molar-refractivity contribution in [2.75, 3.05) is 11.9 Å². The fourth-order valence-corrected chi connectivity index (χ4v) is 2.63. The van der Waals surface area contributed by atoms with E-state index in [4.69, 9.17) is 16.4 Å². The summed E-state index contributed by atoms with van der Waals surface area (Å²) in [5, 5.41) is 12.7. The van der Waals surface area contributed by atoms with E-state index in [2.05, 4.69) is 10.8 Å². The second-order valence-electron chi connectivity index (χ2n) is 6.15. The summed E-state index contributed by atoms with van der Waals surface area (Å²) >= 11 is 6.25. The molecule has 140 valence electrons. The molecule has 1 aromatic carbocycles. The number of anilines is 2. The molecule has 0 fully saturated rings. The van der Waals surface area contributed by atoms with Crippen molar-refractivity contribution in [2.45, 2.75) is 26.9 Å². The Hall–Kier alpha value is -2.35. The number of hydrogen-bond donors (Lipinski definition) is 3. The third-order valence-electron chi connectivity index (χ3n) is 3.71. The Balaban J connectivity index is 2.41. The van der Waals surface area contributed by atoms with Crippen molar-refractivity contribution in [2.24, 2.45) is 7.05 Å². The summed E-state index contributed by atoms with van der Waals surface area (Å²) in [7, 11) is 1.56. The molecular formula is C18H22ClN3O4. The number of aromatic nitrogens is 1. The molecule has 26 heavy (non-hydrogen) atoms. The third kappa shape index (κ3) is 4.63. The molecule has 0 spiro atoms. The number of halogens is 1. The van der Waals surface area contributed by atoms with Crippen LogP contribution in [0.5, 0.6) is 0 Å². The predicted octanol–water partition coefficient (Wildman–Crippen LogP) is 2.44. The molecule has 0 aliphatic rings. The number of nitrogens with zero attached hydrogens (tertiary/aromatic N) is 1. The maximum Gasteiger partial charge on any atom is 0.278 e. The van der Waals surface area contributed by atoms with Gasteiger partial charge in [-0.15, -0.1) is 0 Å². The van der Waals surface area contributed by atoms with E-state index in [1.807, 2.05) is 13.0 Å². The van der Waals surface area contributed by atoms with Gasteiger partial charge in [0, 0.05) is 12.6 Å². The summed E-state index contributed by atoms with van der Waals surface area (Å²) in [5.74, 6) is -0.264. The molecule has 2 rings (SSSR count). The SMILES string of the molecule is Cc1ccc(Nc2c(C(=O)NOC[C@H](C)O)cc(C)c(=O)n2C)c(Cl)c1. The number of carbonyl (C=O) groups excluding carboxylic acids is 1. The van der Waals surface area contributed by atoms with Crippen LogP contribution in [0.15, 0.2) is 29.1 Å². The third-order valence-corrected chi connectivity index (χ3v) is 4.02. The fraction of sp³-hybridized carbons (Fsp3) is 0.333. The van der Waals surface area contributed by atoms with Crippen LogP contribution in [0, 0.1) is 13.8 Å². The molecule has 8 heteroatoms. The van der Waals surface area contributed by atoms with Crippen LogP contribution < -0.4 is 16.4 Å². The zero-order valence-electron chi connectivity index (χ0n) is 15.1. The lowest BCUT2D eigenvalue weighted by atomic mass is 10.1. The predicted molar refractivity (Wildman–Crippen MR) is 101 cm³/mol. The standard InChI is InChI=1S/C18H22ClN3O4/c1-10-5-6-15(14(19)7-10)20-16-13(8-11(2)18(25)22(16)4)17(24)21-26-9-12(3)23/h5-8,12,20,23H,9H2,1-4H3,(H,21,24)/t12-/m0/s1. The van der Waals surface area contributed by atoms with E-state index >= 15 is 0 Å². The lowest BCUT2D eigenvalue weighted by molar-refractivity contribution is -0.00685. The lowest BCUT2D eigenvalue weighted by Crippen LogP contribution is -2.31. The highest BCUT2D eigenvalue weighted by Crippen LogP contribution is 2.27. The Morgan fingerprint density at radius 3 is 2.65 bits per heavy atom. The number of aliphatic hydroxyl groups is 1. The number of aryl methyl sites for hydroxylation is 2. The van der Waals surface area contributed by atoms with Crippen molar-refractivity contribution in [3.05, 3.63) is 56.3 Å². The fourth-order valence-electron chi connectivity index (χ4n) is 2.35. The second kappa shape index (κ2) is 8.35. The molecule has 0 radical (unpaired) electrons. The molecule has 1 aromatic heterocycles. The zero-order valence-corrected chi connectivity index (χ0v) is 15.8. The van der Waals surface area contributed by atoms with Crippen molar-refractivity contribution in [3.8, 4) is 0 Å². The number of rotatable bonds is 6. The Kier molecular flexibility index (Phi) is 6.42. The number of carbonyl (C=O) groups is 1. The highest BCUT2D eigenvalue weighted by molar-refractivity contribution is 6.33. The van der Waals surface area contributed by atoms with Gasteiger partial charge in [0.15, 0.2) is 0 Å². The van der Waals surface area contributed by atoms with Crippen LogP contribution in [0.25, 0.3) is 0 Å². The zero-order chi connectivity index (χ0) is 19.4. The quantitative estimate of drug-likeness (QED) is 0.670. The molecule has 0 bridgehead atoms. The lowest BCUT2D eigenvalue weighted by Gasteiger charge is -2.18. The highest BCUT2D eigenvalue weighted by atomic mass is 35.5. The van der Waals surface area contributed by atoms with E-state index in [0.717, 1.165) is 5.56 Å². The van der Waals surface area contributed by atoms with E-state index in [1.165, 1.54) is 17.6 Å². The minimum Gasteiger partial charge on any atom is -0.391 e. The molecule has 0 aliphatic carbocycles. The van der Waals surface area contributed by atoms with Gasteiger partial charge in [-0.3, -0.25) is 19.0 Å². The minimum atomic E-state index is -0.721. The first-order valence-electron chi connectivity index (χ1n) is 8.04. The van der Waals surface area contributed by atoms with Gasteiger partial charge in [-0.2, -0.15) is 0 Å². The van der Waals surface area contributed by atoms with Crippen molar-refractivity contribution in [3.63, 3.8) is 0 Å². The number of pyridine rings is 1.